The zero-order chi connectivity index (χ0) is 46.2. The van der Waals surface area contributed by atoms with Gasteiger partial charge in [-0.15, -0.1) is 0 Å². The molecule has 0 bridgehead atoms. The van der Waals surface area contributed by atoms with Crippen LogP contribution in [0.5, 0.6) is 0 Å². The Bertz CT molecular complexity index is 3320. The highest BCUT2D eigenvalue weighted by Crippen LogP contribution is 2.43. The molecule has 67 heavy (non-hydrogen) atoms. The summed E-state index contributed by atoms with van der Waals surface area (Å²) >= 11 is 0. The summed E-state index contributed by atoms with van der Waals surface area (Å²) in [5.41, 5.74) is 21.1. The average Bonchev–Trinajstić information content (AvgIpc) is 3.34. The van der Waals surface area contributed by atoms with E-state index in [2.05, 4.69) is 223 Å². The first kappa shape index (κ1) is 43.0. The smallest absolute Gasteiger partial charge is 0.242 e. The summed E-state index contributed by atoms with van der Waals surface area (Å²) in [4.78, 5) is 18.3. The van der Waals surface area contributed by atoms with E-state index in [0.717, 1.165) is 61.1 Å². The van der Waals surface area contributed by atoms with Crippen LogP contribution in [0.3, 0.4) is 0 Å². The Morgan fingerprint density at radius 2 is 0.776 bits per heavy atom. The van der Waals surface area contributed by atoms with Gasteiger partial charge in [0, 0.05) is 16.7 Å². The minimum Gasteiger partial charge on any atom is -0.278 e. The van der Waals surface area contributed by atoms with Crippen LogP contribution in [0.1, 0.15) is 38.9 Å². The van der Waals surface area contributed by atoms with Gasteiger partial charge in [-0.25, -0.2) is 4.98 Å². The van der Waals surface area contributed by atoms with Crippen molar-refractivity contribution in [1.82, 2.24) is 15.0 Å². The van der Waals surface area contributed by atoms with Gasteiger partial charge in [-0.2, -0.15) is 9.97 Å². The second-order valence-electron chi connectivity index (χ2n) is 18.1. The Labute approximate surface area is 395 Å². The highest BCUT2D eigenvalue weighted by Gasteiger charge is 2.30. The lowest BCUT2D eigenvalue weighted by molar-refractivity contribution is 1.02. The molecule has 0 unspecified atom stereocenters. The van der Waals surface area contributed by atoms with Crippen molar-refractivity contribution >= 4 is 51.2 Å². The molecule has 0 amide bonds. The first-order valence-electron chi connectivity index (χ1n) is 23.2. The molecule has 0 spiro atoms. The molecular formula is C62H53BN4. The van der Waals surface area contributed by atoms with Gasteiger partial charge >= 0.3 is 0 Å². The molecule has 0 atom stereocenters. The summed E-state index contributed by atoms with van der Waals surface area (Å²) in [6.45, 7) is 15.7. The Morgan fingerprint density at radius 1 is 0.343 bits per heavy atom. The lowest BCUT2D eigenvalue weighted by atomic mass is 9.34. The molecule has 9 aromatic carbocycles. The fourth-order valence-electron chi connectivity index (χ4n) is 10.2. The van der Waals surface area contributed by atoms with E-state index in [1.807, 2.05) is 24.3 Å². The van der Waals surface area contributed by atoms with Crippen LogP contribution in [-0.4, -0.2) is 21.7 Å². The van der Waals surface area contributed by atoms with Crippen molar-refractivity contribution in [1.29, 1.82) is 0 Å². The fraction of sp³-hybridized carbons (Fsp3) is 0.113. The summed E-state index contributed by atoms with van der Waals surface area (Å²) in [5.74, 6) is 1.73. The molecule has 1 heterocycles. The van der Waals surface area contributed by atoms with Crippen molar-refractivity contribution in [3.8, 4) is 45.0 Å². The summed E-state index contributed by atoms with van der Waals surface area (Å²) in [7, 11) is 0. The molecule has 10 aromatic rings. The predicted molar refractivity (Wildman–Crippen MR) is 284 cm³/mol. The highest BCUT2D eigenvalue weighted by molar-refractivity contribution is 6.96. The zero-order valence-electron chi connectivity index (χ0n) is 39.3. The van der Waals surface area contributed by atoms with Gasteiger partial charge in [0.1, 0.15) is 0 Å². The first-order chi connectivity index (χ1) is 32.6. The topological polar surface area (TPSA) is 41.9 Å². The maximum absolute atomic E-state index is 5.46. The molecular weight excluding hydrogens is 812 g/mol. The number of nitrogens with zero attached hydrogens (tertiary/aromatic N) is 4. The average molecular weight is 865 g/mol. The van der Waals surface area contributed by atoms with E-state index < -0.39 is 0 Å². The highest BCUT2D eigenvalue weighted by atomic mass is 15.3. The number of hydrogen-bond donors (Lipinski definition) is 0. The van der Waals surface area contributed by atoms with Crippen LogP contribution in [-0.2, 0) is 0 Å². The van der Waals surface area contributed by atoms with E-state index in [0.29, 0.717) is 17.6 Å². The van der Waals surface area contributed by atoms with Gasteiger partial charge in [0.25, 0.3) is 0 Å². The summed E-state index contributed by atoms with van der Waals surface area (Å²) in [6, 6.07) is 69.5. The summed E-state index contributed by atoms with van der Waals surface area (Å²) in [6.07, 6.45) is 0. The minimum atomic E-state index is 0.0234. The molecule has 0 aliphatic carbocycles. The molecule has 0 fully saturated rings. The SMILES string of the molecule is Cc1cc(C)c(B(c2ccc(N(c3nc(-c4ccccc4)nc(-c4ccc(-c5ccccc5)cc4)n3)c3cc4ccccc4cc3-c3ccccc3)c(C)c2)c2c(C)cc(C)cc2C)c(C)c1. The minimum absolute atomic E-state index is 0.0234. The second-order valence-corrected chi connectivity index (χ2v) is 18.1. The van der Waals surface area contributed by atoms with E-state index in [1.54, 1.807) is 0 Å². The third-order valence-corrected chi connectivity index (χ3v) is 13.1. The van der Waals surface area contributed by atoms with Crippen molar-refractivity contribution in [3.05, 3.63) is 233 Å². The Hall–Kier alpha value is -7.89. The van der Waals surface area contributed by atoms with Gasteiger partial charge in [0.05, 0.1) is 11.4 Å². The standard InChI is InChI=1S/C62H53BN4/c1-40-33-43(4)58(44(5)34-40)63(59-45(6)35-41(2)36-46(59)7)54-31-32-56(42(3)37-54)67(57-39-53-26-18-17-25-52(53)38-55(57)49-21-13-9-14-22-49)62-65-60(50-23-15-10-16-24-50)64-61(66-62)51-29-27-48(28-30-51)47-19-11-8-12-20-47/h8-39H,1-7H3. The third kappa shape index (κ3) is 8.57. The van der Waals surface area contributed by atoms with Crippen LogP contribution in [0.15, 0.2) is 194 Å². The largest absolute Gasteiger partial charge is 0.278 e. The lowest BCUT2D eigenvalue weighted by Gasteiger charge is -2.29. The number of fused-ring (bicyclic) bond motifs is 1. The molecule has 0 aliphatic heterocycles. The molecule has 4 nitrogen and oxygen atoms in total. The second kappa shape index (κ2) is 18.2. The van der Waals surface area contributed by atoms with E-state index in [4.69, 9.17) is 15.0 Å². The van der Waals surface area contributed by atoms with Gasteiger partial charge in [-0.1, -0.05) is 226 Å². The van der Waals surface area contributed by atoms with E-state index >= 15 is 0 Å². The quantitative estimate of drug-likeness (QED) is 0.128. The van der Waals surface area contributed by atoms with Crippen molar-refractivity contribution in [2.24, 2.45) is 0 Å². The fourth-order valence-corrected chi connectivity index (χ4v) is 10.2. The number of benzene rings is 9. The van der Waals surface area contributed by atoms with Gasteiger partial charge in [0.2, 0.25) is 12.7 Å². The van der Waals surface area contributed by atoms with Crippen molar-refractivity contribution < 1.29 is 0 Å². The Kier molecular flexibility index (Phi) is 11.7. The van der Waals surface area contributed by atoms with Crippen molar-refractivity contribution in [2.45, 2.75) is 48.5 Å². The Balaban J connectivity index is 1.23. The number of aryl methyl sites for hydroxylation is 7. The van der Waals surface area contributed by atoms with E-state index in [9.17, 15) is 0 Å². The van der Waals surface area contributed by atoms with Gasteiger partial charge in [-0.05, 0) is 99.7 Å². The van der Waals surface area contributed by atoms with Crippen LogP contribution >= 0.6 is 0 Å². The summed E-state index contributed by atoms with van der Waals surface area (Å²) < 4.78 is 0. The molecule has 0 saturated carbocycles. The van der Waals surface area contributed by atoms with Crippen LogP contribution < -0.4 is 21.3 Å². The third-order valence-electron chi connectivity index (χ3n) is 13.1. The number of aromatic nitrogens is 3. The number of rotatable bonds is 10. The Morgan fingerprint density at radius 3 is 1.30 bits per heavy atom. The normalized spacial score (nSPS) is 11.2. The van der Waals surface area contributed by atoms with Gasteiger partial charge in [-0.3, -0.25) is 4.90 Å². The zero-order valence-corrected chi connectivity index (χ0v) is 39.3. The maximum Gasteiger partial charge on any atom is 0.242 e. The van der Waals surface area contributed by atoms with Gasteiger partial charge in [0.15, 0.2) is 11.6 Å². The molecule has 324 valence electrons. The molecule has 1 aromatic heterocycles. The first-order valence-corrected chi connectivity index (χ1v) is 23.2. The van der Waals surface area contributed by atoms with E-state index in [1.165, 1.54) is 49.8 Å². The number of hydrogen-bond acceptors (Lipinski definition) is 4. The van der Waals surface area contributed by atoms with E-state index in [-0.39, 0.29) is 6.71 Å². The van der Waals surface area contributed by atoms with Crippen molar-refractivity contribution in [2.75, 3.05) is 4.90 Å². The van der Waals surface area contributed by atoms with Crippen LogP contribution in [0.25, 0.3) is 55.8 Å². The van der Waals surface area contributed by atoms with Gasteiger partial charge < -0.3 is 0 Å². The van der Waals surface area contributed by atoms with Crippen LogP contribution in [0, 0.1) is 48.5 Å². The van der Waals surface area contributed by atoms with Crippen LogP contribution in [0.2, 0.25) is 0 Å². The lowest BCUT2D eigenvalue weighted by Crippen LogP contribution is -2.56. The molecule has 0 aliphatic rings. The molecule has 10 rings (SSSR count). The molecule has 0 radical (unpaired) electrons. The van der Waals surface area contributed by atoms with Crippen molar-refractivity contribution in [3.63, 3.8) is 0 Å². The van der Waals surface area contributed by atoms with Crippen LogP contribution in [0.4, 0.5) is 17.3 Å². The molecule has 0 N–H and O–H groups in total. The maximum atomic E-state index is 5.46. The monoisotopic (exact) mass is 864 g/mol. The molecule has 0 saturated heterocycles. The predicted octanol–water partition coefficient (Wildman–Crippen LogP) is 13.8. The number of anilines is 3. The molecule has 5 heteroatoms. The summed E-state index contributed by atoms with van der Waals surface area (Å²) in [5, 5.41) is 2.29.